The van der Waals surface area contributed by atoms with Gasteiger partial charge in [-0.3, -0.25) is 9.59 Å². The molecule has 0 aliphatic rings. The largest absolute Gasteiger partial charge is 0.493 e. The van der Waals surface area contributed by atoms with E-state index in [-0.39, 0.29) is 18.4 Å². The SMILES string of the molecule is CCCOc1ccc(C(=O)N/N=C/c2cccc(OCC(=O)Nc3ccccc3)c2)cc1OC. The number of carbonyl (C=O) groups excluding carboxylic acids is 2. The van der Waals surface area contributed by atoms with Gasteiger partial charge < -0.3 is 19.5 Å². The number of nitrogens with zero attached hydrogens (tertiary/aromatic N) is 1. The minimum Gasteiger partial charge on any atom is -0.493 e. The van der Waals surface area contributed by atoms with Gasteiger partial charge in [0.1, 0.15) is 5.75 Å². The third-order valence-corrected chi connectivity index (χ3v) is 4.55. The summed E-state index contributed by atoms with van der Waals surface area (Å²) < 4.78 is 16.5. The summed E-state index contributed by atoms with van der Waals surface area (Å²) in [5.74, 6) is 0.913. The molecule has 0 radical (unpaired) electrons. The van der Waals surface area contributed by atoms with Crippen LogP contribution in [0.25, 0.3) is 0 Å². The number of hydrogen-bond donors (Lipinski definition) is 2. The number of anilines is 1. The lowest BCUT2D eigenvalue weighted by molar-refractivity contribution is -0.118. The highest BCUT2D eigenvalue weighted by Crippen LogP contribution is 2.28. The first-order chi connectivity index (χ1) is 16.6. The second-order valence-electron chi connectivity index (χ2n) is 7.19. The molecule has 0 unspecified atom stereocenters. The molecule has 0 fully saturated rings. The Balaban J connectivity index is 1.53. The van der Waals surface area contributed by atoms with Crippen LogP contribution in [0.4, 0.5) is 5.69 Å². The average Bonchev–Trinajstić information content (AvgIpc) is 2.87. The van der Waals surface area contributed by atoms with Crippen molar-refractivity contribution in [1.82, 2.24) is 5.43 Å². The molecule has 0 heterocycles. The van der Waals surface area contributed by atoms with Gasteiger partial charge in [0.05, 0.1) is 19.9 Å². The van der Waals surface area contributed by atoms with Crippen molar-refractivity contribution < 1.29 is 23.8 Å². The van der Waals surface area contributed by atoms with Crippen LogP contribution in [-0.2, 0) is 4.79 Å². The number of hydrogen-bond acceptors (Lipinski definition) is 6. The molecule has 0 aromatic heterocycles. The summed E-state index contributed by atoms with van der Waals surface area (Å²) in [5, 5.41) is 6.76. The monoisotopic (exact) mass is 461 g/mol. The molecule has 2 N–H and O–H groups in total. The maximum absolute atomic E-state index is 12.4. The second-order valence-corrected chi connectivity index (χ2v) is 7.19. The van der Waals surface area contributed by atoms with Crippen molar-refractivity contribution in [2.24, 2.45) is 5.10 Å². The summed E-state index contributed by atoms with van der Waals surface area (Å²) >= 11 is 0. The van der Waals surface area contributed by atoms with Gasteiger partial charge in [-0.25, -0.2) is 5.43 Å². The first kappa shape index (κ1) is 24.3. The molecule has 0 spiro atoms. The van der Waals surface area contributed by atoms with E-state index in [1.807, 2.05) is 25.1 Å². The van der Waals surface area contributed by atoms with Crippen molar-refractivity contribution >= 4 is 23.7 Å². The molecule has 8 nitrogen and oxygen atoms in total. The quantitative estimate of drug-likeness (QED) is 0.328. The number of methoxy groups -OCH3 is 1. The topological polar surface area (TPSA) is 98.3 Å². The van der Waals surface area contributed by atoms with E-state index in [2.05, 4.69) is 15.8 Å². The number of ether oxygens (including phenoxy) is 3. The van der Waals surface area contributed by atoms with Gasteiger partial charge >= 0.3 is 0 Å². The zero-order valence-corrected chi connectivity index (χ0v) is 19.1. The van der Waals surface area contributed by atoms with Gasteiger partial charge in [0.15, 0.2) is 18.1 Å². The molecule has 0 aliphatic carbocycles. The smallest absolute Gasteiger partial charge is 0.271 e. The van der Waals surface area contributed by atoms with Crippen LogP contribution >= 0.6 is 0 Å². The lowest BCUT2D eigenvalue weighted by Gasteiger charge is -2.11. The number of hydrazone groups is 1. The summed E-state index contributed by atoms with van der Waals surface area (Å²) in [4.78, 5) is 24.5. The molecule has 0 bridgehead atoms. The molecule has 2 amide bonds. The van der Waals surface area contributed by atoms with Gasteiger partial charge in [0.25, 0.3) is 11.8 Å². The Morgan fingerprint density at radius 3 is 2.53 bits per heavy atom. The molecule has 34 heavy (non-hydrogen) atoms. The van der Waals surface area contributed by atoms with Crippen molar-refractivity contribution in [3.8, 4) is 17.2 Å². The van der Waals surface area contributed by atoms with Crippen molar-refractivity contribution in [3.05, 3.63) is 83.9 Å². The molecule has 0 saturated carbocycles. The Labute approximate surface area is 198 Å². The number of para-hydroxylation sites is 1. The second kappa shape index (κ2) is 12.6. The highest BCUT2D eigenvalue weighted by Gasteiger charge is 2.11. The molecule has 3 rings (SSSR count). The van der Waals surface area contributed by atoms with Crippen LogP contribution in [-0.4, -0.2) is 38.4 Å². The number of amides is 2. The Hall–Kier alpha value is -4.33. The van der Waals surface area contributed by atoms with Crippen molar-refractivity contribution in [2.75, 3.05) is 25.6 Å². The fourth-order valence-corrected chi connectivity index (χ4v) is 2.92. The van der Waals surface area contributed by atoms with Gasteiger partial charge in [-0.15, -0.1) is 0 Å². The molecule has 176 valence electrons. The van der Waals surface area contributed by atoms with Crippen molar-refractivity contribution in [1.29, 1.82) is 0 Å². The molecule has 3 aromatic rings. The van der Waals surface area contributed by atoms with Crippen LogP contribution in [0.15, 0.2) is 77.9 Å². The highest BCUT2D eigenvalue weighted by atomic mass is 16.5. The first-order valence-electron chi connectivity index (χ1n) is 10.8. The summed E-state index contributed by atoms with van der Waals surface area (Å²) in [6.07, 6.45) is 2.36. The third kappa shape index (κ3) is 7.37. The van der Waals surface area contributed by atoms with E-state index in [0.717, 1.165) is 6.42 Å². The molecule has 0 aliphatic heterocycles. The highest BCUT2D eigenvalue weighted by molar-refractivity contribution is 5.95. The minimum atomic E-state index is -0.387. The summed E-state index contributed by atoms with van der Waals surface area (Å²) in [7, 11) is 1.52. The lowest BCUT2D eigenvalue weighted by atomic mass is 10.2. The van der Waals surface area contributed by atoms with E-state index in [0.29, 0.717) is 40.7 Å². The zero-order chi connectivity index (χ0) is 24.2. The first-order valence-corrected chi connectivity index (χ1v) is 10.8. The van der Waals surface area contributed by atoms with E-state index in [1.54, 1.807) is 54.6 Å². The van der Waals surface area contributed by atoms with Gasteiger partial charge in [0.2, 0.25) is 0 Å². The molecule has 0 atom stereocenters. The fourth-order valence-electron chi connectivity index (χ4n) is 2.92. The minimum absolute atomic E-state index is 0.133. The number of benzene rings is 3. The van der Waals surface area contributed by atoms with E-state index in [4.69, 9.17) is 14.2 Å². The predicted octanol–water partition coefficient (Wildman–Crippen LogP) is 4.27. The summed E-state index contributed by atoms with van der Waals surface area (Å²) in [6.45, 7) is 2.44. The Morgan fingerprint density at radius 2 is 1.76 bits per heavy atom. The van der Waals surface area contributed by atoms with Gasteiger partial charge in [-0.2, -0.15) is 5.10 Å². The van der Waals surface area contributed by atoms with Crippen LogP contribution in [0, 0.1) is 0 Å². The fraction of sp³-hybridized carbons (Fsp3) is 0.192. The van der Waals surface area contributed by atoms with E-state index in [1.165, 1.54) is 13.3 Å². The molecule has 8 heteroatoms. The van der Waals surface area contributed by atoms with Crippen LogP contribution < -0.4 is 25.0 Å². The number of carbonyl (C=O) groups is 2. The molecule has 3 aromatic carbocycles. The molecular formula is C26H27N3O5. The van der Waals surface area contributed by atoms with Crippen LogP contribution in [0.2, 0.25) is 0 Å². The maximum atomic E-state index is 12.4. The number of rotatable bonds is 11. The Bertz CT molecular complexity index is 1130. The van der Waals surface area contributed by atoms with Crippen LogP contribution in [0.3, 0.4) is 0 Å². The standard InChI is InChI=1S/C26H27N3O5/c1-3-14-33-23-13-12-20(16-24(23)32-2)26(31)29-27-17-19-8-7-11-22(15-19)34-18-25(30)28-21-9-5-4-6-10-21/h4-13,15-17H,3,14,18H2,1-2H3,(H,28,30)(H,29,31)/b27-17+. The maximum Gasteiger partial charge on any atom is 0.271 e. The van der Waals surface area contributed by atoms with Crippen molar-refractivity contribution in [3.63, 3.8) is 0 Å². The molecular weight excluding hydrogens is 434 g/mol. The van der Waals surface area contributed by atoms with Crippen molar-refractivity contribution in [2.45, 2.75) is 13.3 Å². The Kier molecular flexibility index (Phi) is 9.04. The normalized spacial score (nSPS) is 10.5. The van der Waals surface area contributed by atoms with E-state index in [9.17, 15) is 9.59 Å². The van der Waals surface area contributed by atoms with Crippen LogP contribution in [0.5, 0.6) is 17.2 Å². The van der Waals surface area contributed by atoms with Gasteiger partial charge in [-0.05, 0) is 54.4 Å². The van der Waals surface area contributed by atoms with Crippen LogP contribution in [0.1, 0.15) is 29.3 Å². The lowest BCUT2D eigenvalue weighted by Crippen LogP contribution is -2.20. The zero-order valence-electron chi connectivity index (χ0n) is 19.1. The summed E-state index contributed by atoms with van der Waals surface area (Å²) in [6, 6.07) is 21.1. The molecule has 0 saturated heterocycles. The van der Waals surface area contributed by atoms with Gasteiger partial charge in [0, 0.05) is 11.3 Å². The summed E-state index contributed by atoms with van der Waals surface area (Å²) in [5.41, 5.74) is 4.27. The Morgan fingerprint density at radius 1 is 0.941 bits per heavy atom. The predicted molar refractivity (Wildman–Crippen MR) is 131 cm³/mol. The van der Waals surface area contributed by atoms with E-state index >= 15 is 0 Å². The number of nitrogens with one attached hydrogen (secondary N) is 2. The third-order valence-electron chi connectivity index (χ3n) is 4.55. The van der Waals surface area contributed by atoms with Gasteiger partial charge in [-0.1, -0.05) is 37.3 Å². The van der Waals surface area contributed by atoms with E-state index < -0.39 is 0 Å². The average molecular weight is 462 g/mol.